The van der Waals surface area contributed by atoms with Crippen LogP contribution in [0.5, 0.6) is 0 Å². The molecule has 1 aliphatic carbocycles. The van der Waals surface area contributed by atoms with Gasteiger partial charge < -0.3 is 10.2 Å². The molecular formula is C13H23NO5. The van der Waals surface area contributed by atoms with Gasteiger partial charge in [-0.25, -0.2) is 0 Å². The largest absolute Gasteiger partial charge is 0.481 e. The Hall–Kier alpha value is -1.17. The SMILES string of the molecule is O=C(O)CCCCCCC1C(O)CCC1C[N+](=O)[O-]. The number of aliphatic carboxylic acids is 1. The summed E-state index contributed by atoms with van der Waals surface area (Å²) in [4.78, 5) is 20.6. The molecule has 0 spiro atoms. The number of aliphatic hydroxyl groups excluding tert-OH is 1. The first-order valence-corrected chi connectivity index (χ1v) is 7.02. The zero-order valence-electron chi connectivity index (χ0n) is 11.2. The second-order valence-corrected chi connectivity index (χ2v) is 5.43. The van der Waals surface area contributed by atoms with Crippen molar-refractivity contribution in [1.82, 2.24) is 0 Å². The maximum atomic E-state index is 10.6. The highest BCUT2D eigenvalue weighted by Crippen LogP contribution is 2.35. The highest BCUT2D eigenvalue weighted by Gasteiger charge is 2.37. The summed E-state index contributed by atoms with van der Waals surface area (Å²) in [7, 11) is 0. The number of carboxylic acid groups (broad SMARTS) is 1. The molecule has 0 amide bonds. The second-order valence-electron chi connectivity index (χ2n) is 5.43. The lowest BCUT2D eigenvalue weighted by molar-refractivity contribution is -0.489. The van der Waals surface area contributed by atoms with Crippen LogP contribution in [0.3, 0.4) is 0 Å². The molecule has 3 atom stereocenters. The minimum atomic E-state index is -0.766. The smallest absolute Gasteiger partial charge is 0.303 e. The predicted molar refractivity (Wildman–Crippen MR) is 69.4 cm³/mol. The molecule has 1 rings (SSSR count). The highest BCUT2D eigenvalue weighted by atomic mass is 16.6. The van der Waals surface area contributed by atoms with Gasteiger partial charge in [0.1, 0.15) is 0 Å². The first kappa shape index (κ1) is 15.9. The van der Waals surface area contributed by atoms with Crippen LogP contribution in [0.15, 0.2) is 0 Å². The van der Waals surface area contributed by atoms with E-state index in [4.69, 9.17) is 5.11 Å². The van der Waals surface area contributed by atoms with Crippen LogP contribution in [0.4, 0.5) is 0 Å². The van der Waals surface area contributed by atoms with Crippen molar-refractivity contribution in [2.24, 2.45) is 11.8 Å². The van der Waals surface area contributed by atoms with Crippen LogP contribution in [0, 0.1) is 22.0 Å². The van der Waals surface area contributed by atoms with E-state index in [1.54, 1.807) is 0 Å². The lowest BCUT2D eigenvalue weighted by Crippen LogP contribution is -2.24. The van der Waals surface area contributed by atoms with Crippen LogP contribution in [0.1, 0.15) is 51.4 Å². The van der Waals surface area contributed by atoms with Gasteiger partial charge in [0.15, 0.2) is 0 Å². The van der Waals surface area contributed by atoms with E-state index in [0.29, 0.717) is 12.8 Å². The summed E-state index contributed by atoms with van der Waals surface area (Å²) in [6.07, 6.45) is 5.42. The molecule has 3 unspecified atom stereocenters. The molecule has 1 fully saturated rings. The number of rotatable bonds is 9. The maximum Gasteiger partial charge on any atom is 0.303 e. The average molecular weight is 273 g/mol. The molecule has 6 heteroatoms. The molecule has 0 aromatic carbocycles. The number of hydrogen-bond acceptors (Lipinski definition) is 4. The summed E-state index contributed by atoms with van der Waals surface area (Å²) >= 11 is 0. The van der Waals surface area contributed by atoms with Gasteiger partial charge in [-0.3, -0.25) is 14.9 Å². The van der Waals surface area contributed by atoms with Gasteiger partial charge in [-0.2, -0.15) is 0 Å². The Morgan fingerprint density at radius 1 is 1.21 bits per heavy atom. The monoisotopic (exact) mass is 273 g/mol. The number of hydrogen-bond donors (Lipinski definition) is 2. The van der Waals surface area contributed by atoms with E-state index in [0.717, 1.165) is 32.1 Å². The number of carbonyl (C=O) groups is 1. The zero-order valence-corrected chi connectivity index (χ0v) is 11.2. The van der Waals surface area contributed by atoms with Gasteiger partial charge in [-0.05, 0) is 31.6 Å². The maximum absolute atomic E-state index is 10.6. The van der Waals surface area contributed by atoms with E-state index in [1.807, 2.05) is 0 Å². The lowest BCUT2D eigenvalue weighted by atomic mass is 9.89. The lowest BCUT2D eigenvalue weighted by Gasteiger charge is -2.19. The van der Waals surface area contributed by atoms with E-state index < -0.39 is 12.1 Å². The molecule has 0 saturated heterocycles. The Morgan fingerprint density at radius 2 is 1.89 bits per heavy atom. The number of nitro groups is 1. The molecule has 1 aliphatic rings. The summed E-state index contributed by atoms with van der Waals surface area (Å²) < 4.78 is 0. The summed E-state index contributed by atoms with van der Waals surface area (Å²) in [6.45, 7) is -0.0409. The van der Waals surface area contributed by atoms with E-state index >= 15 is 0 Å². The number of unbranched alkanes of at least 4 members (excludes halogenated alkanes) is 3. The van der Waals surface area contributed by atoms with E-state index in [9.17, 15) is 20.0 Å². The van der Waals surface area contributed by atoms with Gasteiger partial charge in [-0.1, -0.05) is 19.3 Å². The second kappa shape index (κ2) is 8.09. The molecule has 110 valence electrons. The number of carboxylic acids is 1. The summed E-state index contributed by atoms with van der Waals surface area (Å²) in [6, 6.07) is 0. The van der Waals surface area contributed by atoms with Crippen molar-refractivity contribution >= 4 is 5.97 Å². The fraction of sp³-hybridized carbons (Fsp3) is 0.923. The molecular weight excluding hydrogens is 250 g/mol. The number of nitrogens with zero attached hydrogens (tertiary/aromatic N) is 1. The van der Waals surface area contributed by atoms with Crippen LogP contribution >= 0.6 is 0 Å². The normalized spacial score (nSPS) is 26.5. The zero-order chi connectivity index (χ0) is 14.3. The molecule has 2 N–H and O–H groups in total. The minimum absolute atomic E-state index is 0.00372. The Bertz CT molecular complexity index is 307. The Balaban J connectivity index is 2.18. The van der Waals surface area contributed by atoms with E-state index in [-0.39, 0.29) is 29.7 Å². The quantitative estimate of drug-likeness (QED) is 0.380. The van der Waals surface area contributed by atoms with Gasteiger partial charge in [0.2, 0.25) is 6.54 Å². The first-order chi connectivity index (χ1) is 9.00. The molecule has 0 aromatic rings. The van der Waals surface area contributed by atoms with Gasteiger partial charge in [0, 0.05) is 17.3 Å². The van der Waals surface area contributed by atoms with E-state index in [1.165, 1.54) is 0 Å². The predicted octanol–water partition coefficient (Wildman–Crippen LogP) is 2.08. The van der Waals surface area contributed by atoms with Gasteiger partial charge in [-0.15, -0.1) is 0 Å². The summed E-state index contributed by atoms with van der Waals surface area (Å²) in [5.74, 6) is -0.717. The third-order valence-electron chi connectivity index (χ3n) is 3.99. The average Bonchev–Trinajstić information content (AvgIpc) is 2.64. The topological polar surface area (TPSA) is 101 Å². The minimum Gasteiger partial charge on any atom is -0.481 e. The molecule has 0 radical (unpaired) electrons. The standard InChI is InChI=1S/C13H23NO5/c15-12-8-7-10(9-14(18)19)11(12)5-3-1-2-4-6-13(16)17/h10-12,15H,1-9H2,(H,16,17). The van der Waals surface area contributed by atoms with Crippen molar-refractivity contribution in [1.29, 1.82) is 0 Å². The molecule has 6 nitrogen and oxygen atoms in total. The van der Waals surface area contributed by atoms with Crippen LogP contribution in [-0.2, 0) is 4.79 Å². The van der Waals surface area contributed by atoms with Crippen molar-refractivity contribution in [3.05, 3.63) is 10.1 Å². The molecule has 0 heterocycles. The number of aliphatic hydroxyl groups is 1. The van der Waals surface area contributed by atoms with Gasteiger partial charge >= 0.3 is 5.97 Å². The highest BCUT2D eigenvalue weighted by molar-refractivity contribution is 5.66. The molecule has 0 aliphatic heterocycles. The van der Waals surface area contributed by atoms with Crippen molar-refractivity contribution in [3.8, 4) is 0 Å². The van der Waals surface area contributed by atoms with E-state index in [2.05, 4.69) is 0 Å². The van der Waals surface area contributed by atoms with Crippen molar-refractivity contribution < 1.29 is 19.9 Å². The molecule has 0 aromatic heterocycles. The summed E-state index contributed by atoms with van der Waals surface area (Å²) in [5, 5.41) is 28.9. The van der Waals surface area contributed by atoms with Crippen molar-refractivity contribution in [2.45, 2.75) is 57.5 Å². The Morgan fingerprint density at radius 3 is 2.53 bits per heavy atom. The van der Waals surface area contributed by atoms with Crippen molar-refractivity contribution in [2.75, 3.05) is 6.54 Å². The first-order valence-electron chi connectivity index (χ1n) is 7.02. The van der Waals surface area contributed by atoms with Crippen LogP contribution in [0.2, 0.25) is 0 Å². The van der Waals surface area contributed by atoms with Crippen molar-refractivity contribution in [3.63, 3.8) is 0 Å². The third kappa shape index (κ3) is 6.00. The molecule has 1 saturated carbocycles. The molecule has 0 bridgehead atoms. The summed E-state index contributed by atoms with van der Waals surface area (Å²) in [5.41, 5.74) is 0. The fourth-order valence-electron chi connectivity index (χ4n) is 2.98. The third-order valence-corrected chi connectivity index (χ3v) is 3.99. The van der Waals surface area contributed by atoms with Crippen LogP contribution in [-0.4, -0.2) is 33.8 Å². The Labute approximate surface area is 113 Å². The van der Waals surface area contributed by atoms with Gasteiger partial charge in [0.05, 0.1) is 6.10 Å². The van der Waals surface area contributed by atoms with Crippen LogP contribution in [0.25, 0.3) is 0 Å². The van der Waals surface area contributed by atoms with Gasteiger partial charge in [0.25, 0.3) is 0 Å². The Kier molecular flexibility index (Phi) is 6.77. The van der Waals surface area contributed by atoms with Crippen LogP contribution < -0.4 is 0 Å². The fourth-order valence-corrected chi connectivity index (χ4v) is 2.98. The molecule has 19 heavy (non-hydrogen) atoms.